The molecule has 0 saturated heterocycles. The first kappa shape index (κ1) is 16.7. The molecule has 118 valence electrons. The van der Waals surface area contributed by atoms with Gasteiger partial charge >= 0.3 is 0 Å². The van der Waals surface area contributed by atoms with Crippen LogP contribution in [0.15, 0.2) is 24.3 Å². The van der Waals surface area contributed by atoms with Crippen LogP contribution in [-0.2, 0) is 0 Å². The Labute approximate surface area is 132 Å². The van der Waals surface area contributed by atoms with E-state index in [9.17, 15) is 5.11 Å². The topological polar surface area (TPSA) is 32.7 Å². The number of ether oxygens (including phenoxy) is 1. The van der Waals surface area contributed by atoms with Gasteiger partial charge < -0.3 is 14.7 Å². The van der Waals surface area contributed by atoms with E-state index in [1.54, 1.807) is 7.11 Å². The number of rotatable bonds is 7. The van der Waals surface area contributed by atoms with Crippen LogP contribution in [0, 0.1) is 0 Å². The maximum Gasteiger partial charge on any atom is 0.119 e. The van der Waals surface area contributed by atoms with Crippen molar-refractivity contribution in [2.45, 2.75) is 43.6 Å². The molecule has 0 bridgehead atoms. The van der Waals surface area contributed by atoms with Crippen molar-refractivity contribution in [1.29, 1.82) is 0 Å². The predicted molar refractivity (Wildman–Crippen MR) is 90.1 cm³/mol. The number of thioether (sulfide) groups is 1. The fourth-order valence-electron chi connectivity index (χ4n) is 3.08. The summed E-state index contributed by atoms with van der Waals surface area (Å²) >= 11 is 2.07. The third-order valence-corrected chi connectivity index (χ3v) is 5.55. The van der Waals surface area contributed by atoms with Crippen molar-refractivity contribution >= 4 is 11.8 Å². The van der Waals surface area contributed by atoms with Gasteiger partial charge in [-0.05, 0) is 49.8 Å². The molecule has 0 spiro atoms. The zero-order valence-electron chi connectivity index (χ0n) is 13.3. The van der Waals surface area contributed by atoms with Gasteiger partial charge in [-0.3, -0.25) is 0 Å². The molecule has 1 saturated carbocycles. The summed E-state index contributed by atoms with van der Waals surface area (Å²) < 4.78 is 5.22. The third kappa shape index (κ3) is 4.63. The Morgan fingerprint density at radius 2 is 2.24 bits per heavy atom. The minimum Gasteiger partial charge on any atom is -0.497 e. The molecule has 0 radical (unpaired) electrons. The molecule has 2 rings (SSSR count). The molecule has 1 N–H and O–H groups in total. The van der Waals surface area contributed by atoms with Crippen molar-refractivity contribution in [1.82, 2.24) is 4.90 Å². The molecule has 21 heavy (non-hydrogen) atoms. The number of hydrogen-bond acceptors (Lipinski definition) is 4. The summed E-state index contributed by atoms with van der Waals surface area (Å²) in [6.07, 6.45) is 3.35. The van der Waals surface area contributed by atoms with Crippen molar-refractivity contribution in [2.75, 3.05) is 26.5 Å². The highest BCUT2D eigenvalue weighted by Crippen LogP contribution is 2.33. The van der Waals surface area contributed by atoms with E-state index in [0.29, 0.717) is 12.6 Å². The lowest BCUT2D eigenvalue weighted by Gasteiger charge is -2.27. The van der Waals surface area contributed by atoms with Crippen LogP contribution in [0.3, 0.4) is 0 Å². The Morgan fingerprint density at radius 3 is 2.95 bits per heavy atom. The van der Waals surface area contributed by atoms with Gasteiger partial charge in [0.15, 0.2) is 0 Å². The fraction of sp³-hybridized carbons (Fsp3) is 0.647. The van der Waals surface area contributed by atoms with E-state index in [4.69, 9.17) is 4.74 Å². The Kier molecular flexibility index (Phi) is 6.40. The molecule has 1 aliphatic rings. The summed E-state index contributed by atoms with van der Waals surface area (Å²) in [5, 5.41) is 11.2. The van der Waals surface area contributed by atoms with Gasteiger partial charge in [0.25, 0.3) is 0 Å². The second kappa shape index (κ2) is 8.06. The molecular weight excluding hydrogens is 282 g/mol. The zero-order valence-corrected chi connectivity index (χ0v) is 14.1. The van der Waals surface area contributed by atoms with Gasteiger partial charge in [0.1, 0.15) is 5.75 Å². The highest BCUT2D eigenvalue weighted by atomic mass is 32.2. The second-order valence-corrected chi connectivity index (χ2v) is 7.35. The molecule has 1 fully saturated rings. The van der Waals surface area contributed by atoms with E-state index < -0.39 is 6.10 Å². The van der Waals surface area contributed by atoms with Crippen LogP contribution < -0.4 is 4.74 Å². The van der Waals surface area contributed by atoms with E-state index in [1.165, 1.54) is 25.0 Å². The van der Waals surface area contributed by atoms with Crippen molar-refractivity contribution < 1.29 is 9.84 Å². The highest BCUT2D eigenvalue weighted by molar-refractivity contribution is 7.99. The minimum atomic E-state index is -0.456. The van der Waals surface area contributed by atoms with Gasteiger partial charge in [-0.15, -0.1) is 0 Å². The lowest BCUT2D eigenvalue weighted by Crippen LogP contribution is -2.33. The predicted octanol–water partition coefficient (Wildman–Crippen LogP) is 3.33. The number of methoxy groups -OCH3 is 1. The Bertz CT molecular complexity index is 441. The van der Waals surface area contributed by atoms with Gasteiger partial charge in [-0.2, -0.15) is 11.8 Å². The van der Waals surface area contributed by atoms with Crippen LogP contribution >= 0.6 is 11.8 Å². The van der Waals surface area contributed by atoms with Gasteiger partial charge in [0, 0.05) is 17.8 Å². The van der Waals surface area contributed by atoms with Crippen LogP contribution in [0.1, 0.15) is 37.9 Å². The fourth-order valence-corrected chi connectivity index (χ4v) is 4.21. The van der Waals surface area contributed by atoms with Crippen molar-refractivity contribution in [3.63, 3.8) is 0 Å². The molecule has 0 amide bonds. The first-order chi connectivity index (χ1) is 10.1. The Morgan fingerprint density at radius 1 is 1.43 bits per heavy atom. The molecule has 1 aromatic carbocycles. The second-order valence-electron chi connectivity index (χ2n) is 5.78. The summed E-state index contributed by atoms with van der Waals surface area (Å²) in [7, 11) is 3.79. The molecule has 1 aliphatic carbocycles. The van der Waals surface area contributed by atoms with Gasteiger partial charge in [-0.25, -0.2) is 0 Å². The van der Waals surface area contributed by atoms with Gasteiger partial charge in [0.05, 0.1) is 13.2 Å². The number of nitrogens with zero attached hydrogens (tertiary/aromatic N) is 1. The molecular formula is C17H27NO2S. The molecule has 3 atom stereocenters. The van der Waals surface area contributed by atoms with E-state index in [0.717, 1.165) is 16.6 Å². The summed E-state index contributed by atoms with van der Waals surface area (Å²) in [4.78, 5) is 2.32. The van der Waals surface area contributed by atoms with Crippen molar-refractivity contribution in [2.24, 2.45) is 0 Å². The van der Waals surface area contributed by atoms with Crippen molar-refractivity contribution in [3.05, 3.63) is 29.8 Å². The quantitative estimate of drug-likeness (QED) is 0.837. The van der Waals surface area contributed by atoms with E-state index >= 15 is 0 Å². The lowest BCUT2D eigenvalue weighted by atomic mass is 10.1. The van der Waals surface area contributed by atoms with Crippen LogP contribution in [0.5, 0.6) is 5.75 Å². The maximum atomic E-state index is 10.4. The molecule has 1 aromatic rings. The van der Waals surface area contributed by atoms with E-state index in [-0.39, 0.29) is 0 Å². The molecule has 4 heteroatoms. The van der Waals surface area contributed by atoms with Crippen molar-refractivity contribution in [3.8, 4) is 5.75 Å². The Hall–Kier alpha value is -0.710. The lowest BCUT2D eigenvalue weighted by molar-refractivity contribution is 0.105. The third-order valence-electron chi connectivity index (χ3n) is 4.32. The summed E-state index contributed by atoms with van der Waals surface area (Å²) in [5.74, 6) is 2.00. The summed E-state index contributed by atoms with van der Waals surface area (Å²) in [6.45, 7) is 2.91. The molecule has 0 heterocycles. The summed E-state index contributed by atoms with van der Waals surface area (Å²) in [6, 6.07) is 8.33. The first-order valence-electron chi connectivity index (χ1n) is 7.77. The normalized spacial score (nSPS) is 23.5. The largest absolute Gasteiger partial charge is 0.497 e. The number of aliphatic hydroxyl groups is 1. The maximum absolute atomic E-state index is 10.4. The van der Waals surface area contributed by atoms with E-state index in [2.05, 4.69) is 30.6 Å². The van der Waals surface area contributed by atoms with Crippen LogP contribution in [0.4, 0.5) is 0 Å². The van der Waals surface area contributed by atoms with Gasteiger partial charge in [0.2, 0.25) is 0 Å². The number of hydrogen-bond donors (Lipinski definition) is 1. The summed E-state index contributed by atoms with van der Waals surface area (Å²) in [5.41, 5.74) is 0.929. The standard InChI is InChI=1S/C17H27NO2S/c1-4-21-16-9-8-14(11-16)18(2)12-17(19)13-6-5-7-15(10-13)20-3/h5-7,10,14,16-17,19H,4,8-9,11-12H2,1-3H3. The van der Waals surface area contributed by atoms with Crippen LogP contribution in [-0.4, -0.2) is 47.8 Å². The zero-order chi connectivity index (χ0) is 15.2. The minimum absolute atomic E-state index is 0.456. The SMILES string of the molecule is CCSC1CCC(N(C)CC(O)c2cccc(OC)c2)C1. The molecule has 3 unspecified atom stereocenters. The Balaban J connectivity index is 1.88. The monoisotopic (exact) mass is 309 g/mol. The average molecular weight is 309 g/mol. The molecule has 0 aromatic heterocycles. The first-order valence-corrected chi connectivity index (χ1v) is 8.82. The molecule has 3 nitrogen and oxygen atoms in total. The average Bonchev–Trinajstić information content (AvgIpc) is 2.96. The molecule has 0 aliphatic heterocycles. The van der Waals surface area contributed by atoms with E-state index in [1.807, 2.05) is 24.3 Å². The highest BCUT2D eigenvalue weighted by Gasteiger charge is 2.28. The number of likely N-dealkylation sites (N-methyl/N-ethyl adjacent to an activating group) is 1. The smallest absolute Gasteiger partial charge is 0.119 e. The van der Waals surface area contributed by atoms with Crippen LogP contribution in [0.25, 0.3) is 0 Å². The van der Waals surface area contributed by atoms with Gasteiger partial charge in [-0.1, -0.05) is 19.1 Å². The number of benzene rings is 1. The van der Waals surface area contributed by atoms with Crippen LogP contribution in [0.2, 0.25) is 0 Å². The number of aliphatic hydroxyl groups excluding tert-OH is 1.